The van der Waals surface area contributed by atoms with Crippen LogP contribution in [0.4, 0.5) is 5.69 Å². The van der Waals surface area contributed by atoms with Crippen molar-refractivity contribution in [2.45, 2.75) is 45.4 Å². The number of nitrogens with one attached hydrogen (secondary N) is 1. The van der Waals surface area contributed by atoms with Gasteiger partial charge in [0, 0.05) is 31.4 Å². The highest BCUT2D eigenvalue weighted by Gasteiger charge is 2.18. The second-order valence-corrected chi connectivity index (χ2v) is 5.38. The summed E-state index contributed by atoms with van der Waals surface area (Å²) in [6.45, 7) is 7.16. The summed E-state index contributed by atoms with van der Waals surface area (Å²) in [5, 5.41) is 13.1. The van der Waals surface area contributed by atoms with Crippen molar-refractivity contribution < 1.29 is 5.11 Å². The molecule has 1 saturated heterocycles. The maximum absolute atomic E-state index is 9.58. The largest absolute Gasteiger partial charge is 0.393 e. The lowest BCUT2D eigenvalue weighted by Gasteiger charge is -2.33. The van der Waals surface area contributed by atoms with Crippen LogP contribution >= 0.6 is 0 Å². The Bertz CT molecular complexity index is 371. The van der Waals surface area contributed by atoms with Crippen LogP contribution < -0.4 is 10.2 Å². The molecule has 18 heavy (non-hydrogen) atoms. The van der Waals surface area contributed by atoms with Crippen LogP contribution in [-0.2, 0) is 6.54 Å². The monoisotopic (exact) mass is 248 g/mol. The van der Waals surface area contributed by atoms with E-state index in [2.05, 4.69) is 48.3 Å². The molecule has 0 radical (unpaired) electrons. The molecule has 0 bridgehead atoms. The third-order valence-electron chi connectivity index (χ3n) is 3.50. The lowest BCUT2D eigenvalue weighted by Crippen LogP contribution is -2.36. The van der Waals surface area contributed by atoms with Crippen molar-refractivity contribution in [3.63, 3.8) is 0 Å². The Hall–Kier alpha value is -1.06. The molecule has 1 aliphatic rings. The van der Waals surface area contributed by atoms with E-state index < -0.39 is 0 Å². The Kier molecular flexibility index (Phi) is 4.61. The van der Waals surface area contributed by atoms with Crippen molar-refractivity contribution in [2.75, 3.05) is 18.0 Å². The minimum absolute atomic E-state index is 0.109. The van der Waals surface area contributed by atoms with Gasteiger partial charge in [-0.15, -0.1) is 0 Å². The summed E-state index contributed by atoms with van der Waals surface area (Å²) in [5.41, 5.74) is 2.67. The van der Waals surface area contributed by atoms with Gasteiger partial charge in [0.25, 0.3) is 0 Å². The van der Waals surface area contributed by atoms with Crippen LogP contribution in [0.15, 0.2) is 24.3 Å². The van der Waals surface area contributed by atoms with Crippen molar-refractivity contribution in [1.29, 1.82) is 0 Å². The first-order valence-corrected chi connectivity index (χ1v) is 6.91. The average Bonchev–Trinajstić information content (AvgIpc) is 2.38. The molecule has 0 aliphatic carbocycles. The number of nitrogens with zero attached hydrogens (tertiary/aromatic N) is 1. The summed E-state index contributed by atoms with van der Waals surface area (Å²) < 4.78 is 0. The van der Waals surface area contributed by atoms with Gasteiger partial charge >= 0.3 is 0 Å². The van der Waals surface area contributed by atoms with E-state index in [1.54, 1.807) is 0 Å². The third kappa shape index (κ3) is 3.47. The SMILES string of the molecule is CC(C)NCc1ccccc1N1CCC(O)CC1. The molecule has 2 rings (SSSR count). The first-order valence-electron chi connectivity index (χ1n) is 6.91. The Morgan fingerprint density at radius 2 is 1.94 bits per heavy atom. The molecule has 1 fully saturated rings. The van der Waals surface area contributed by atoms with Gasteiger partial charge in [-0.25, -0.2) is 0 Å². The second-order valence-electron chi connectivity index (χ2n) is 5.38. The maximum Gasteiger partial charge on any atom is 0.0574 e. The van der Waals surface area contributed by atoms with Crippen LogP contribution in [0.1, 0.15) is 32.3 Å². The van der Waals surface area contributed by atoms with Crippen molar-refractivity contribution in [1.82, 2.24) is 5.32 Å². The molecule has 0 amide bonds. The van der Waals surface area contributed by atoms with Crippen LogP contribution in [0.2, 0.25) is 0 Å². The van der Waals surface area contributed by atoms with Crippen LogP contribution in [0.5, 0.6) is 0 Å². The average molecular weight is 248 g/mol. The number of hydrogen-bond donors (Lipinski definition) is 2. The number of benzene rings is 1. The van der Waals surface area contributed by atoms with Gasteiger partial charge in [0.2, 0.25) is 0 Å². The van der Waals surface area contributed by atoms with Gasteiger partial charge in [-0.1, -0.05) is 32.0 Å². The summed E-state index contributed by atoms with van der Waals surface area (Å²) in [5.74, 6) is 0. The number of anilines is 1. The van der Waals surface area contributed by atoms with Crippen LogP contribution in [0.3, 0.4) is 0 Å². The van der Waals surface area contributed by atoms with E-state index >= 15 is 0 Å². The zero-order chi connectivity index (χ0) is 13.0. The number of piperidine rings is 1. The Morgan fingerprint density at radius 3 is 2.61 bits per heavy atom. The van der Waals surface area contributed by atoms with Crippen LogP contribution in [-0.4, -0.2) is 30.3 Å². The molecular weight excluding hydrogens is 224 g/mol. The minimum atomic E-state index is -0.109. The number of rotatable bonds is 4. The van der Waals surface area contributed by atoms with E-state index in [9.17, 15) is 5.11 Å². The molecule has 0 saturated carbocycles. The fourth-order valence-electron chi connectivity index (χ4n) is 2.39. The molecule has 0 aromatic heterocycles. The first-order chi connectivity index (χ1) is 8.66. The molecule has 0 unspecified atom stereocenters. The normalized spacial score (nSPS) is 17.4. The van der Waals surface area contributed by atoms with E-state index in [-0.39, 0.29) is 6.10 Å². The van der Waals surface area contributed by atoms with E-state index in [0.29, 0.717) is 6.04 Å². The van der Waals surface area contributed by atoms with Crippen LogP contribution in [0.25, 0.3) is 0 Å². The van der Waals surface area contributed by atoms with E-state index in [0.717, 1.165) is 32.5 Å². The Balaban J connectivity index is 2.07. The fourth-order valence-corrected chi connectivity index (χ4v) is 2.39. The predicted molar refractivity (Wildman–Crippen MR) is 75.9 cm³/mol. The summed E-state index contributed by atoms with van der Waals surface area (Å²) in [4.78, 5) is 2.39. The molecule has 1 aromatic rings. The standard InChI is InChI=1S/C15H24N2O/c1-12(2)16-11-13-5-3-4-6-15(13)17-9-7-14(18)8-10-17/h3-6,12,14,16,18H,7-11H2,1-2H3. The highest BCUT2D eigenvalue weighted by Crippen LogP contribution is 2.24. The lowest BCUT2D eigenvalue weighted by molar-refractivity contribution is 0.145. The molecule has 1 heterocycles. The zero-order valence-corrected chi connectivity index (χ0v) is 11.4. The smallest absolute Gasteiger partial charge is 0.0574 e. The van der Waals surface area contributed by atoms with Gasteiger partial charge in [0.15, 0.2) is 0 Å². The predicted octanol–water partition coefficient (Wildman–Crippen LogP) is 2.15. The summed E-state index contributed by atoms with van der Waals surface area (Å²) >= 11 is 0. The summed E-state index contributed by atoms with van der Waals surface area (Å²) in [6.07, 6.45) is 1.65. The van der Waals surface area contributed by atoms with E-state index in [1.165, 1.54) is 11.3 Å². The van der Waals surface area contributed by atoms with Gasteiger partial charge in [-0.05, 0) is 24.5 Å². The highest BCUT2D eigenvalue weighted by molar-refractivity contribution is 5.54. The zero-order valence-electron chi connectivity index (χ0n) is 11.4. The number of aliphatic hydroxyl groups excluding tert-OH is 1. The lowest BCUT2D eigenvalue weighted by atomic mass is 10.0. The topological polar surface area (TPSA) is 35.5 Å². The molecule has 2 N–H and O–H groups in total. The Morgan fingerprint density at radius 1 is 1.28 bits per heavy atom. The number of aliphatic hydroxyl groups is 1. The highest BCUT2D eigenvalue weighted by atomic mass is 16.3. The first kappa shape index (κ1) is 13.4. The van der Waals surface area contributed by atoms with Crippen molar-refractivity contribution in [3.05, 3.63) is 29.8 Å². The summed E-state index contributed by atoms with van der Waals surface area (Å²) in [6, 6.07) is 9.07. The molecular formula is C15H24N2O. The molecule has 0 spiro atoms. The fraction of sp³-hybridized carbons (Fsp3) is 0.600. The summed E-state index contributed by atoms with van der Waals surface area (Å²) in [7, 11) is 0. The van der Waals surface area contributed by atoms with Gasteiger partial charge in [-0.3, -0.25) is 0 Å². The molecule has 3 nitrogen and oxygen atoms in total. The van der Waals surface area contributed by atoms with E-state index in [1.807, 2.05) is 0 Å². The molecule has 3 heteroatoms. The Labute approximate surface area is 110 Å². The van der Waals surface area contributed by atoms with Crippen molar-refractivity contribution in [3.8, 4) is 0 Å². The molecule has 100 valence electrons. The molecule has 0 atom stereocenters. The van der Waals surface area contributed by atoms with Gasteiger partial charge in [-0.2, -0.15) is 0 Å². The quantitative estimate of drug-likeness (QED) is 0.857. The van der Waals surface area contributed by atoms with Gasteiger partial charge < -0.3 is 15.3 Å². The maximum atomic E-state index is 9.58. The minimum Gasteiger partial charge on any atom is -0.393 e. The van der Waals surface area contributed by atoms with Crippen molar-refractivity contribution in [2.24, 2.45) is 0 Å². The molecule has 1 aliphatic heterocycles. The van der Waals surface area contributed by atoms with Crippen LogP contribution in [0, 0.1) is 0 Å². The van der Waals surface area contributed by atoms with E-state index in [4.69, 9.17) is 0 Å². The second kappa shape index (κ2) is 6.21. The van der Waals surface area contributed by atoms with Gasteiger partial charge in [0.05, 0.1) is 6.10 Å². The number of para-hydroxylation sites is 1. The third-order valence-corrected chi connectivity index (χ3v) is 3.50. The molecule has 1 aromatic carbocycles. The van der Waals surface area contributed by atoms with Gasteiger partial charge in [0.1, 0.15) is 0 Å². The number of hydrogen-bond acceptors (Lipinski definition) is 3. The van der Waals surface area contributed by atoms with Crippen molar-refractivity contribution >= 4 is 5.69 Å².